The van der Waals surface area contributed by atoms with E-state index in [0.29, 0.717) is 6.42 Å². The summed E-state index contributed by atoms with van der Waals surface area (Å²) in [6.07, 6.45) is 3.29. The van der Waals surface area contributed by atoms with Gasteiger partial charge in [0.15, 0.2) is 0 Å². The van der Waals surface area contributed by atoms with E-state index in [1.54, 1.807) is 6.20 Å². The molecule has 1 aromatic heterocycles. The van der Waals surface area contributed by atoms with Crippen LogP contribution >= 0.6 is 0 Å². The van der Waals surface area contributed by atoms with Crippen LogP contribution in [0.1, 0.15) is 25.8 Å². The summed E-state index contributed by atoms with van der Waals surface area (Å²) >= 11 is 0. The Bertz CT molecular complexity index is 686. The van der Waals surface area contributed by atoms with Crippen LogP contribution in [0, 0.1) is 0 Å². The van der Waals surface area contributed by atoms with E-state index >= 15 is 0 Å². The largest absolute Gasteiger partial charge is 0.491 e. The SMILES string of the molecule is CC(C)Oc1ccc(CC(=O)N[C@@H]2CCN(c3ccccn3)C2)cc1. The van der Waals surface area contributed by atoms with Crippen molar-refractivity contribution in [3.8, 4) is 5.75 Å². The molecule has 1 saturated heterocycles. The number of nitrogens with one attached hydrogen (secondary N) is 1. The number of ether oxygens (including phenoxy) is 1. The fourth-order valence-corrected chi connectivity index (χ4v) is 3.05. The Balaban J connectivity index is 1.48. The molecular weight excluding hydrogens is 314 g/mol. The van der Waals surface area contributed by atoms with Crippen LogP contribution in [0.4, 0.5) is 5.82 Å². The van der Waals surface area contributed by atoms with Gasteiger partial charge in [0.2, 0.25) is 5.91 Å². The zero-order chi connectivity index (χ0) is 17.6. The zero-order valence-corrected chi connectivity index (χ0v) is 14.8. The predicted octanol–water partition coefficient (Wildman–Crippen LogP) is 2.81. The molecule has 3 rings (SSSR count). The van der Waals surface area contributed by atoms with E-state index in [9.17, 15) is 4.79 Å². The van der Waals surface area contributed by atoms with Gasteiger partial charge in [0, 0.05) is 25.3 Å². The normalized spacial score (nSPS) is 16.9. The lowest BCUT2D eigenvalue weighted by molar-refractivity contribution is -0.121. The Hall–Kier alpha value is -2.56. The van der Waals surface area contributed by atoms with Crippen LogP contribution in [0.3, 0.4) is 0 Å². The van der Waals surface area contributed by atoms with E-state index in [-0.39, 0.29) is 18.1 Å². The second kappa shape index (κ2) is 8.01. The van der Waals surface area contributed by atoms with Gasteiger partial charge >= 0.3 is 0 Å². The highest BCUT2D eigenvalue weighted by Gasteiger charge is 2.24. The van der Waals surface area contributed by atoms with E-state index in [4.69, 9.17) is 4.74 Å². The summed E-state index contributed by atoms with van der Waals surface area (Å²) < 4.78 is 5.62. The van der Waals surface area contributed by atoms with Crippen LogP contribution in [-0.2, 0) is 11.2 Å². The van der Waals surface area contributed by atoms with Crippen LogP contribution in [0.2, 0.25) is 0 Å². The highest BCUT2D eigenvalue weighted by atomic mass is 16.5. The molecule has 0 bridgehead atoms. The van der Waals surface area contributed by atoms with Crippen molar-refractivity contribution in [2.75, 3.05) is 18.0 Å². The summed E-state index contributed by atoms with van der Waals surface area (Å²) in [4.78, 5) is 18.9. The fourth-order valence-electron chi connectivity index (χ4n) is 3.05. The fraction of sp³-hybridized carbons (Fsp3) is 0.400. The highest BCUT2D eigenvalue weighted by Crippen LogP contribution is 2.18. The van der Waals surface area contributed by atoms with E-state index in [1.165, 1.54) is 0 Å². The van der Waals surface area contributed by atoms with Crippen LogP contribution in [0.5, 0.6) is 5.75 Å². The van der Waals surface area contributed by atoms with Crippen molar-refractivity contribution >= 4 is 11.7 Å². The van der Waals surface area contributed by atoms with Crippen LogP contribution in [-0.4, -0.2) is 36.1 Å². The van der Waals surface area contributed by atoms with Crippen molar-refractivity contribution in [1.82, 2.24) is 10.3 Å². The van der Waals surface area contributed by atoms with Crippen LogP contribution < -0.4 is 15.0 Å². The average Bonchev–Trinajstić information content (AvgIpc) is 3.05. The third kappa shape index (κ3) is 4.95. The van der Waals surface area contributed by atoms with Gasteiger partial charge < -0.3 is 15.0 Å². The molecule has 0 unspecified atom stereocenters. The molecule has 1 fully saturated rings. The number of nitrogens with zero attached hydrogens (tertiary/aromatic N) is 2. The lowest BCUT2D eigenvalue weighted by Crippen LogP contribution is -2.38. The number of hydrogen-bond acceptors (Lipinski definition) is 4. The first kappa shape index (κ1) is 17.3. The minimum Gasteiger partial charge on any atom is -0.491 e. The minimum atomic E-state index is 0.0606. The zero-order valence-electron chi connectivity index (χ0n) is 14.8. The Kier molecular flexibility index (Phi) is 5.53. The predicted molar refractivity (Wildman–Crippen MR) is 98.9 cm³/mol. The third-order valence-corrected chi connectivity index (χ3v) is 4.19. The molecule has 0 radical (unpaired) electrons. The quantitative estimate of drug-likeness (QED) is 0.879. The molecule has 2 aromatic rings. The van der Waals surface area contributed by atoms with Crippen molar-refractivity contribution in [1.29, 1.82) is 0 Å². The number of rotatable bonds is 6. The molecule has 5 nitrogen and oxygen atoms in total. The van der Waals surface area contributed by atoms with Gasteiger partial charge in [-0.1, -0.05) is 18.2 Å². The molecule has 1 aromatic carbocycles. The van der Waals surface area contributed by atoms with Crippen molar-refractivity contribution in [2.24, 2.45) is 0 Å². The highest BCUT2D eigenvalue weighted by molar-refractivity contribution is 5.79. The molecular formula is C20H25N3O2. The first-order valence-electron chi connectivity index (χ1n) is 8.81. The van der Waals surface area contributed by atoms with Gasteiger partial charge in [-0.25, -0.2) is 4.98 Å². The second-order valence-electron chi connectivity index (χ2n) is 6.67. The second-order valence-corrected chi connectivity index (χ2v) is 6.67. The van der Waals surface area contributed by atoms with Crippen LogP contribution in [0.15, 0.2) is 48.7 Å². The summed E-state index contributed by atoms with van der Waals surface area (Å²) in [7, 11) is 0. The molecule has 1 N–H and O–H groups in total. The lowest BCUT2D eigenvalue weighted by atomic mass is 10.1. The van der Waals surface area contributed by atoms with Crippen molar-refractivity contribution < 1.29 is 9.53 Å². The van der Waals surface area contributed by atoms with E-state index in [2.05, 4.69) is 15.2 Å². The van der Waals surface area contributed by atoms with Crippen molar-refractivity contribution in [3.05, 3.63) is 54.2 Å². The van der Waals surface area contributed by atoms with Gasteiger partial charge in [-0.2, -0.15) is 0 Å². The summed E-state index contributed by atoms with van der Waals surface area (Å²) in [5.41, 5.74) is 0.994. The molecule has 5 heteroatoms. The van der Waals surface area contributed by atoms with Crippen LogP contribution in [0.25, 0.3) is 0 Å². The molecule has 0 spiro atoms. The van der Waals surface area contributed by atoms with Gasteiger partial charge in [-0.05, 0) is 50.1 Å². The van der Waals surface area contributed by atoms with E-state index in [0.717, 1.165) is 36.6 Å². The maximum absolute atomic E-state index is 12.3. The Morgan fingerprint density at radius 1 is 1.28 bits per heavy atom. The Labute approximate surface area is 149 Å². The maximum atomic E-state index is 12.3. The van der Waals surface area contributed by atoms with Gasteiger partial charge in [0.1, 0.15) is 11.6 Å². The maximum Gasteiger partial charge on any atom is 0.224 e. The summed E-state index contributed by atoms with van der Waals surface area (Å²) in [6.45, 7) is 5.72. The Morgan fingerprint density at radius 2 is 2.08 bits per heavy atom. The standard InChI is InChI=1S/C20H25N3O2/c1-15(2)25-18-8-6-16(7-9-18)13-20(24)22-17-10-12-23(14-17)19-5-3-4-11-21-19/h3-9,11,15,17H,10,12-14H2,1-2H3,(H,22,24)/t17-/m1/s1. The molecule has 0 saturated carbocycles. The topological polar surface area (TPSA) is 54.5 Å². The molecule has 1 aliphatic heterocycles. The number of hydrogen-bond donors (Lipinski definition) is 1. The summed E-state index contributed by atoms with van der Waals surface area (Å²) in [6, 6.07) is 13.8. The summed E-state index contributed by atoms with van der Waals surface area (Å²) in [5, 5.41) is 3.13. The number of pyridine rings is 1. The molecule has 2 heterocycles. The lowest BCUT2D eigenvalue weighted by Gasteiger charge is -2.17. The monoisotopic (exact) mass is 339 g/mol. The smallest absolute Gasteiger partial charge is 0.224 e. The van der Waals surface area contributed by atoms with E-state index in [1.807, 2.05) is 56.3 Å². The number of benzene rings is 1. The molecule has 1 aliphatic rings. The summed E-state index contributed by atoms with van der Waals surface area (Å²) in [5.74, 6) is 1.87. The van der Waals surface area contributed by atoms with Gasteiger partial charge in [-0.15, -0.1) is 0 Å². The minimum absolute atomic E-state index is 0.0606. The van der Waals surface area contributed by atoms with Gasteiger partial charge in [0.05, 0.1) is 12.5 Å². The number of carbonyl (C=O) groups is 1. The van der Waals surface area contributed by atoms with Crippen molar-refractivity contribution in [3.63, 3.8) is 0 Å². The molecule has 1 amide bonds. The third-order valence-electron chi connectivity index (χ3n) is 4.19. The number of carbonyl (C=O) groups excluding carboxylic acids is 1. The molecule has 132 valence electrons. The first-order valence-corrected chi connectivity index (χ1v) is 8.81. The molecule has 0 aliphatic carbocycles. The van der Waals surface area contributed by atoms with E-state index < -0.39 is 0 Å². The number of anilines is 1. The van der Waals surface area contributed by atoms with Crippen molar-refractivity contribution in [2.45, 2.75) is 38.8 Å². The van der Waals surface area contributed by atoms with Gasteiger partial charge in [-0.3, -0.25) is 4.79 Å². The molecule has 25 heavy (non-hydrogen) atoms. The average molecular weight is 339 g/mol. The number of aromatic nitrogens is 1. The molecule has 1 atom stereocenters. The Morgan fingerprint density at radius 3 is 2.76 bits per heavy atom. The number of amides is 1. The van der Waals surface area contributed by atoms with Gasteiger partial charge in [0.25, 0.3) is 0 Å². The first-order chi connectivity index (χ1) is 12.1.